The summed E-state index contributed by atoms with van der Waals surface area (Å²) in [5, 5.41) is 3.96. The number of hydrogen-bond acceptors (Lipinski definition) is 4. The molecule has 0 radical (unpaired) electrons. The van der Waals surface area contributed by atoms with Crippen molar-refractivity contribution in [2.45, 2.75) is 33.4 Å². The standard InChI is InChI=1S/C25H24N2O3/c1-17-8-9-22-21(16-30-25(22)18(17)2)13-23(28)27-14-20-10-11-26-24(12-20)29-15-19-6-4-3-5-7-19/h3-12,16H,13-15H2,1-2H3,(H,27,28). The van der Waals surface area contributed by atoms with Crippen LogP contribution in [0.25, 0.3) is 11.0 Å². The van der Waals surface area contributed by atoms with E-state index in [1.165, 1.54) is 5.56 Å². The van der Waals surface area contributed by atoms with Crippen molar-refractivity contribution in [3.05, 3.63) is 94.9 Å². The molecule has 152 valence electrons. The van der Waals surface area contributed by atoms with Gasteiger partial charge in [-0.15, -0.1) is 0 Å². The zero-order valence-corrected chi connectivity index (χ0v) is 17.1. The fourth-order valence-corrected chi connectivity index (χ4v) is 3.33. The van der Waals surface area contributed by atoms with Crippen LogP contribution in [0.4, 0.5) is 0 Å². The fourth-order valence-electron chi connectivity index (χ4n) is 3.33. The van der Waals surface area contributed by atoms with Crippen LogP contribution in [0, 0.1) is 13.8 Å². The molecule has 0 aliphatic carbocycles. The van der Waals surface area contributed by atoms with Gasteiger partial charge in [0.1, 0.15) is 12.2 Å². The summed E-state index contributed by atoms with van der Waals surface area (Å²) in [6.45, 7) is 4.95. The van der Waals surface area contributed by atoms with Crippen LogP contribution in [0.3, 0.4) is 0 Å². The van der Waals surface area contributed by atoms with Crippen molar-refractivity contribution in [2.24, 2.45) is 0 Å². The van der Waals surface area contributed by atoms with Crippen molar-refractivity contribution in [1.29, 1.82) is 0 Å². The Morgan fingerprint density at radius 1 is 1.07 bits per heavy atom. The largest absolute Gasteiger partial charge is 0.473 e. The number of fused-ring (bicyclic) bond motifs is 1. The zero-order valence-electron chi connectivity index (χ0n) is 17.1. The van der Waals surface area contributed by atoms with Gasteiger partial charge in [0.2, 0.25) is 11.8 Å². The van der Waals surface area contributed by atoms with Crippen molar-refractivity contribution in [2.75, 3.05) is 0 Å². The molecule has 5 heteroatoms. The Balaban J connectivity index is 1.34. The van der Waals surface area contributed by atoms with Crippen molar-refractivity contribution in [3.63, 3.8) is 0 Å². The first-order chi connectivity index (χ1) is 14.6. The minimum atomic E-state index is -0.0560. The summed E-state index contributed by atoms with van der Waals surface area (Å²) < 4.78 is 11.5. The lowest BCUT2D eigenvalue weighted by atomic mass is 10.0. The molecule has 5 nitrogen and oxygen atoms in total. The third-order valence-electron chi connectivity index (χ3n) is 5.21. The Bertz CT molecular complexity index is 1170. The minimum absolute atomic E-state index is 0.0560. The van der Waals surface area contributed by atoms with E-state index in [-0.39, 0.29) is 12.3 Å². The average Bonchev–Trinajstić information content (AvgIpc) is 3.18. The SMILES string of the molecule is Cc1ccc2c(CC(=O)NCc3ccnc(OCc4ccccc4)c3)coc2c1C. The lowest BCUT2D eigenvalue weighted by molar-refractivity contribution is -0.120. The summed E-state index contributed by atoms with van der Waals surface area (Å²) in [5.41, 5.74) is 6.05. The molecule has 0 atom stereocenters. The molecule has 1 amide bonds. The number of carbonyl (C=O) groups excluding carboxylic acids is 1. The van der Waals surface area contributed by atoms with Crippen LogP contribution in [0.5, 0.6) is 5.88 Å². The lowest BCUT2D eigenvalue weighted by Gasteiger charge is -2.08. The predicted molar refractivity (Wildman–Crippen MR) is 116 cm³/mol. The second-order valence-electron chi connectivity index (χ2n) is 7.38. The first-order valence-electron chi connectivity index (χ1n) is 9.95. The summed E-state index contributed by atoms with van der Waals surface area (Å²) >= 11 is 0. The summed E-state index contributed by atoms with van der Waals surface area (Å²) in [6.07, 6.45) is 3.65. The van der Waals surface area contributed by atoms with E-state index in [1.807, 2.05) is 55.5 Å². The number of nitrogens with one attached hydrogen (secondary N) is 1. The van der Waals surface area contributed by atoms with Crippen LogP contribution in [0.2, 0.25) is 0 Å². The second kappa shape index (κ2) is 8.82. The normalized spacial score (nSPS) is 10.9. The zero-order chi connectivity index (χ0) is 20.9. The van der Waals surface area contributed by atoms with E-state index in [4.69, 9.17) is 9.15 Å². The number of rotatable bonds is 7. The minimum Gasteiger partial charge on any atom is -0.473 e. The van der Waals surface area contributed by atoms with E-state index in [9.17, 15) is 4.79 Å². The summed E-state index contributed by atoms with van der Waals surface area (Å²) in [4.78, 5) is 16.7. The summed E-state index contributed by atoms with van der Waals surface area (Å²) in [6, 6.07) is 17.7. The highest BCUT2D eigenvalue weighted by Crippen LogP contribution is 2.26. The number of furan rings is 1. The number of hydrogen-bond donors (Lipinski definition) is 1. The van der Waals surface area contributed by atoms with Crippen LogP contribution in [-0.2, 0) is 24.4 Å². The van der Waals surface area contributed by atoms with E-state index in [0.29, 0.717) is 19.0 Å². The van der Waals surface area contributed by atoms with E-state index >= 15 is 0 Å². The maximum absolute atomic E-state index is 12.5. The molecule has 2 heterocycles. The first kappa shape index (κ1) is 19.7. The van der Waals surface area contributed by atoms with E-state index < -0.39 is 0 Å². The molecule has 2 aromatic heterocycles. The molecule has 1 N–H and O–H groups in total. The van der Waals surface area contributed by atoms with Gasteiger partial charge < -0.3 is 14.5 Å². The van der Waals surface area contributed by atoms with Crippen molar-refractivity contribution < 1.29 is 13.9 Å². The molecule has 0 aliphatic rings. The number of aromatic nitrogens is 1. The molecule has 30 heavy (non-hydrogen) atoms. The van der Waals surface area contributed by atoms with Gasteiger partial charge in [-0.25, -0.2) is 4.98 Å². The maximum atomic E-state index is 12.5. The molecule has 0 aliphatic heterocycles. The molecular formula is C25H24N2O3. The molecule has 2 aromatic carbocycles. The molecule has 0 unspecified atom stereocenters. The van der Waals surface area contributed by atoms with Crippen molar-refractivity contribution in [1.82, 2.24) is 10.3 Å². The smallest absolute Gasteiger partial charge is 0.224 e. The quantitative estimate of drug-likeness (QED) is 0.480. The monoisotopic (exact) mass is 400 g/mol. The van der Waals surface area contributed by atoms with Gasteiger partial charge in [0.05, 0.1) is 12.7 Å². The van der Waals surface area contributed by atoms with Crippen LogP contribution in [0.1, 0.15) is 27.8 Å². The van der Waals surface area contributed by atoms with Crippen LogP contribution < -0.4 is 10.1 Å². The average molecular weight is 400 g/mol. The number of pyridine rings is 1. The fraction of sp³-hybridized carbons (Fsp3) is 0.200. The molecule has 0 spiro atoms. The van der Waals surface area contributed by atoms with E-state index in [2.05, 4.69) is 23.3 Å². The van der Waals surface area contributed by atoms with Gasteiger partial charge in [0.15, 0.2) is 0 Å². The topological polar surface area (TPSA) is 64.4 Å². The van der Waals surface area contributed by atoms with Gasteiger partial charge in [-0.2, -0.15) is 0 Å². The van der Waals surface area contributed by atoms with Gasteiger partial charge in [-0.1, -0.05) is 42.5 Å². The number of nitrogens with zero attached hydrogens (tertiary/aromatic N) is 1. The van der Waals surface area contributed by atoms with Crippen molar-refractivity contribution in [3.8, 4) is 5.88 Å². The number of carbonyl (C=O) groups is 1. The summed E-state index contributed by atoms with van der Waals surface area (Å²) in [5.74, 6) is 0.483. The summed E-state index contributed by atoms with van der Waals surface area (Å²) in [7, 11) is 0. The third kappa shape index (κ3) is 4.51. The van der Waals surface area contributed by atoms with Crippen LogP contribution >= 0.6 is 0 Å². The van der Waals surface area contributed by atoms with Gasteiger partial charge in [-0.05, 0) is 42.2 Å². The van der Waals surface area contributed by atoms with Gasteiger partial charge in [0.25, 0.3) is 0 Å². The Labute approximate surface area is 175 Å². The maximum Gasteiger partial charge on any atom is 0.224 e. The number of ether oxygens (including phenoxy) is 1. The Morgan fingerprint density at radius 2 is 1.90 bits per heavy atom. The highest BCUT2D eigenvalue weighted by atomic mass is 16.5. The molecule has 0 saturated heterocycles. The Kier molecular flexibility index (Phi) is 5.80. The molecule has 4 aromatic rings. The van der Waals surface area contributed by atoms with Gasteiger partial charge in [0, 0.05) is 29.8 Å². The number of aryl methyl sites for hydroxylation is 2. The van der Waals surface area contributed by atoms with Gasteiger partial charge >= 0.3 is 0 Å². The van der Waals surface area contributed by atoms with Gasteiger partial charge in [-0.3, -0.25) is 4.79 Å². The number of benzene rings is 2. The number of amides is 1. The molecule has 0 fully saturated rings. The highest BCUT2D eigenvalue weighted by Gasteiger charge is 2.13. The molecular weight excluding hydrogens is 376 g/mol. The lowest BCUT2D eigenvalue weighted by Crippen LogP contribution is -2.24. The van der Waals surface area contributed by atoms with E-state index in [1.54, 1.807) is 12.5 Å². The Hall–Kier alpha value is -3.60. The van der Waals surface area contributed by atoms with E-state index in [0.717, 1.165) is 33.2 Å². The predicted octanol–water partition coefficient (Wildman–Crippen LogP) is 4.88. The van der Waals surface area contributed by atoms with Crippen LogP contribution in [-0.4, -0.2) is 10.9 Å². The van der Waals surface area contributed by atoms with Crippen molar-refractivity contribution >= 4 is 16.9 Å². The Morgan fingerprint density at radius 3 is 2.73 bits per heavy atom. The molecule has 0 bridgehead atoms. The third-order valence-corrected chi connectivity index (χ3v) is 5.21. The molecule has 0 saturated carbocycles. The first-order valence-corrected chi connectivity index (χ1v) is 9.95. The molecule has 4 rings (SSSR count). The van der Waals surface area contributed by atoms with Crippen LogP contribution in [0.15, 0.2) is 71.5 Å². The second-order valence-corrected chi connectivity index (χ2v) is 7.38. The highest BCUT2D eigenvalue weighted by molar-refractivity contribution is 5.89.